The second kappa shape index (κ2) is 9.77. The van der Waals surface area contributed by atoms with Crippen LogP contribution in [0.1, 0.15) is 22.6 Å². The summed E-state index contributed by atoms with van der Waals surface area (Å²) in [5.74, 6) is 0.837. The summed E-state index contributed by atoms with van der Waals surface area (Å²) in [5.41, 5.74) is 2.44. The number of nitrogens with zero attached hydrogens (tertiary/aromatic N) is 1. The molecule has 1 amide bonds. The summed E-state index contributed by atoms with van der Waals surface area (Å²) in [4.78, 5) is 16.2. The zero-order chi connectivity index (χ0) is 15.9. The van der Waals surface area contributed by atoms with E-state index in [4.69, 9.17) is 0 Å². The van der Waals surface area contributed by atoms with Crippen molar-refractivity contribution < 1.29 is 4.79 Å². The highest BCUT2D eigenvalue weighted by molar-refractivity contribution is 7.09. The Morgan fingerprint density at radius 1 is 1.29 bits per heavy atom. The molecule has 0 radical (unpaired) electrons. The fourth-order valence-electron chi connectivity index (χ4n) is 2.95. The van der Waals surface area contributed by atoms with Crippen molar-refractivity contribution in [1.29, 1.82) is 0 Å². The first-order valence-electron chi connectivity index (χ1n) is 8.23. The number of halogens is 1. The molecule has 0 spiro atoms. The number of amides is 1. The van der Waals surface area contributed by atoms with E-state index in [0.29, 0.717) is 13.0 Å². The van der Waals surface area contributed by atoms with Crippen LogP contribution < -0.4 is 10.6 Å². The molecule has 24 heavy (non-hydrogen) atoms. The van der Waals surface area contributed by atoms with Crippen molar-refractivity contribution in [3.63, 3.8) is 0 Å². The minimum absolute atomic E-state index is 0. The van der Waals surface area contributed by atoms with Gasteiger partial charge in [-0.1, -0.05) is 24.3 Å². The number of hydrogen-bond donors (Lipinski definition) is 2. The molecule has 1 atom stereocenters. The zero-order valence-corrected chi connectivity index (χ0v) is 15.3. The maximum absolute atomic E-state index is 12.0. The van der Waals surface area contributed by atoms with Gasteiger partial charge in [0.25, 0.3) is 0 Å². The second-order valence-electron chi connectivity index (χ2n) is 6.08. The van der Waals surface area contributed by atoms with Crippen LogP contribution in [-0.4, -0.2) is 30.5 Å². The average molecular weight is 366 g/mol. The number of aromatic nitrogens is 1. The summed E-state index contributed by atoms with van der Waals surface area (Å²) in [6.45, 7) is 2.92. The topological polar surface area (TPSA) is 54.0 Å². The van der Waals surface area contributed by atoms with Crippen LogP contribution in [0, 0.1) is 5.92 Å². The van der Waals surface area contributed by atoms with Gasteiger partial charge in [-0.25, -0.2) is 4.98 Å². The molecule has 1 aromatic carbocycles. The van der Waals surface area contributed by atoms with Crippen molar-refractivity contribution in [1.82, 2.24) is 15.6 Å². The van der Waals surface area contributed by atoms with Gasteiger partial charge in [-0.3, -0.25) is 4.79 Å². The molecule has 4 nitrogen and oxygen atoms in total. The molecule has 0 bridgehead atoms. The lowest BCUT2D eigenvalue weighted by atomic mass is 9.97. The van der Waals surface area contributed by atoms with E-state index in [1.807, 2.05) is 5.38 Å². The van der Waals surface area contributed by atoms with E-state index in [1.165, 1.54) is 12.0 Å². The Hall–Kier alpha value is -1.43. The Balaban J connectivity index is 0.00000208. The predicted molar refractivity (Wildman–Crippen MR) is 101 cm³/mol. The van der Waals surface area contributed by atoms with Gasteiger partial charge in [0.15, 0.2) is 0 Å². The molecule has 1 aliphatic heterocycles. The van der Waals surface area contributed by atoms with Gasteiger partial charge in [-0.05, 0) is 43.0 Å². The fourth-order valence-corrected chi connectivity index (χ4v) is 3.57. The normalized spacial score (nSPS) is 16.6. The third-order valence-electron chi connectivity index (χ3n) is 4.22. The smallest absolute Gasteiger partial charge is 0.224 e. The highest BCUT2D eigenvalue weighted by Gasteiger charge is 2.14. The lowest BCUT2D eigenvalue weighted by Gasteiger charge is -2.09. The quantitative estimate of drug-likeness (QED) is 0.793. The van der Waals surface area contributed by atoms with Crippen LogP contribution >= 0.6 is 23.7 Å². The van der Waals surface area contributed by atoms with E-state index in [1.54, 1.807) is 17.5 Å². The standard InChI is InChI=1S/C18H23N3OS.ClH/c22-17(20-8-6-18-21-9-10-23-18)12-15-3-1-14(2-4-15)11-16-5-7-19-13-16;/h1-4,9-10,16,19H,5-8,11-13H2,(H,20,22);1H. The Kier molecular flexibility index (Phi) is 7.69. The predicted octanol–water partition coefficient (Wildman–Crippen LogP) is 2.62. The SMILES string of the molecule is Cl.O=C(Cc1ccc(CC2CCNC2)cc1)NCCc1nccs1. The number of rotatable bonds is 7. The summed E-state index contributed by atoms with van der Waals surface area (Å²) in [6, 6.07) is 8.49. The lowest BCUT2D eigenvalue weighted by Crippen LogP contribution is -2.27. The highest BCUT2D eigenvalue weighted by atomic mass is 35.5. The Morgan fingerprint density at radius 3 is 2.75 bits per heavy atom. The van der Waals surface area contributed by atoms with Crippen LogP contribution in [0.3, 0.4) is 0 Å². The van der Waals surface area contributed by atoms with Gasteiger partial charge < -0.3 is 10.6 Å². The average Bonchev–Trinajstić information content (AvgIpc) is 3.23. The number of thiazole rings is 1. The van der Waals surface area contributed by atoms with Crippen molar-refractivity contribution in [2.24, 2.45) is 5.92 Å². The van der Waals surface area contributed by atoms with Gasteiger partial charge in [0.1, 0.15) is 0 Å². The summed E-state index contributed by atoms with van der Waals surface area (Å²) in [7, 11) is 0. The molecule has 2 aromatic rings. The maximum Gasteiger partial charge on any atom is 0.224 e. The van der Waals surface area contributed by atoms with E-state index < -0.39 is 0 Å². The summed E-state index contributed by atoms with van der Waals surface area (Å²) < 4.78 is 0. The van der Waals surface area contributed by atoms with Gasteiger partial charge in [0, 0.05) is 24.5 Å². The lowest BCUT2D eigenvalue weighted by molar-refractivity contribution is -0.120. The van der Waals surface area contributed by atoms with E-state index in [9.17, 15) is 4.79 Å². The molecule has 0 aliphatic carbocycles. The number of carbonyl (C=O) groups is 1. The number of carbonyl (C=O) groups excluding carboxylic acids is 1. The van der Waals surface area contributed by atoms with Crippen LogP contribution in [0.5, 0.6) is 0 Å². The molecule has 3 rings (SSSR count). The monoisotopic (exact) mass is 365 g/mol. The summed E-state index contributed by atoms with van der Waals surface area (Å²) in [6.07, 6.45) is 5.45. The minimum atomic E-state index is 0. The van der Waals surface area contributed by atoms with E-state index in [-0.39, 0.29) is 18.3 Å². The third-order valence-corrected chi connectivity index (χ3v) is 5.06. The van der Waals surface area contributed by atoms with Gasteiger partial charge in [-0.2, -0.15) is 0 Å². The Morgan fingerprint density at radius 2 is 2.08 bits per heavy atom. The molecular weight excluding hydrogens is 342 g/mol. The largest absolute Gasteiger partial charge is 0.355 e. The van der Waals surface area contributed by atoms with Gasteiger partial charge in [-0.15, -0.1) is 23.7 Å². The van der Waals surface area contributed by atoms with Crippen LogP contribution in [-0.2, 0) is 24.1 Å². The van der Waals surface area contributed by atoms with Crippen molar-refractivity contribution in [3.05, 3.63) is 52.0 Å². The molecule has 0 saturated carbocycles. The molecule has 130 valence electrons. The van der Waals surface area contributed by atoms with Crippen LogP contribution in [0.2, 0.25) is 0 Å². The molecule has 1 aliphatic rings. The first-order chi connectivity index (χ1) is 11.3. The van der Waals surface area contributed by atoms with E-state index in [2.05, 4.69) is 39.9 Å². The molecule has 2 N–H and O–H groups in total. The molecular formula is C18H24ClN3OS. The maximum atomic E-state index is 12.0. The Labute approximate surface area is 153 Å². The number of hydrogen-bond acceptors (Lipinski definition) is 4. The van der Waals surface area contributed by atoms with Crippen LogP contribution in [0.4, 0.5) is 0 Å². The van der Waals surface area contributed by atoms with Crippen LogP contribution in [0.15, 0.2) is 35.8 Å². The molecule has 2 heterocycles. The Bertz CT molecular complexity index is 610. The third kappa shape index (κ3) is 5.89. The minimum Gasteiger partial charge on any atom is -0.355 e. The second-order valence-corrected chi connectivity index (χ2v) is 7.06. The summed E-state index contributed by atoms with van der Waals surface area (Å²) in [5, 5.41) is 9.39. The van der Waals surface area contributed by atoms with Crippen molar-refractivity contribution >= 4 is 29.7 Å². The van der Waals surface area contributed by atoms with Gasteiger partial charge in [0.2, 0.25) is 5.91 Å². The van der Waals surface area contributed by atoms with Crippen molar-refractivity contribution in [3.8, 4) is 0 Å². The highest BCUT2D eigenvalue weighted by Crippen LogP contribution is 2.16. The first-order valence-corrected chi connectivity index (χ1v) is 9.11. The van der Waals surface area contributed by atoms with Crippen LogP contribution in [0.25, 0.3) is 0 Å². The molecule has 1 saturated heterocycles. The van der Waals surface area contributed by atoms with E-state index >= 15 is 0 Å². The fraction of sp³-hybridized carbons (Fsp3) is 0.444. The van der Waals surface area contributed by atoms with Gasteiger partial charge >= 0.3 is 0 Å². The molecule has 1 fully saturated rings. The van der Waals surface area contributed by atoms with Gasteiger partial charge in [0.05, 0.1) is 11.4 Å². The van der Waals surface area contributed by atoms with Crippen molar-refractivity contribution in [2.75, 3.05) is 19.6 Å². The molecule has 6 heteroatoms. The first kappa shape index (κ1) is 18.9. The molecule has 1 aromatic heterocycles. The summed E-state index contributed by atoms with van der Waals surface area (Å²) >= 11 is 1.63. The van der Waals surface area contributed by atoms with Crippen molar-refractivity contribution in [2.45, 2.75) is 25.7 Å². The number of benzene rings is 1. The number of nitrogens with one attached hydrogen (secondary N) is 2. The molecule has 1 unspecified atom stereocenters. The van der Waals surface area contributed by atoms with E-state index in [0.717, 1.165) is 42.4 Å². The zero-order valence-electron chi connectivity index (χ0n) is 13.7.